The molecule has 0 atom stereocenters. The van der Waals surface area contributed by atoms with Crippen molar-refractivity contribution in [3.05, 3.63) is 64.1 Å². The molecule has 3 aromatic rings. The Hall–Kier alpha value is -3.99. The topological polar surface area (TPSA) is 123 Å². The summed E-state index contributed by atoms with van der Waals surface area (Å²) in [6.07, 6.45) is 1.43. The van der Waals surface area contributed by atoms with E-state index in [0.29, 0.717) is 53.6 Å². The molecule has 0 bridgehead atoms. The van der Waals surface area contributed by atoms with E-state index in [1.807, 2.05) is 0 Å². The number of likely N-dealkylation sites (tertiary alicyclic amines) is 1. The number of nitrogens with zero attached hydrogens (tertiary/aromatic N) is 3. The molecule has 1 aliphatic rings. The minimum atomic E-state index is -0.462. The largest absolute Gasteiger partial charge is 0.497 e. The molecule has 2 aromatic carbocycles. The van der Waals surface area contributed by atoms with Crippen LogP contribution in [0.15, 0.2) is 48.5 Å². The first-order valence-electron chi connectivity index (χ1n) is 11.0. The number of carbonyl (C=O) groups is 3. The van der Waals surface area contributed by atoms with Crippen molar-refractivity contribution in [1.82, 2.24) is 15.1 Å². The Kier molecular flexibility index (Phi) is 7.56. The molecule has 0 aliphatic carbocycles. The maximum atomic E-state index is 12.7. The van der Waals surface area contributed by atoms with Gasteiger partial charge in [-0.1, -0.05) is 17.4 Å². The van der Waals surface area contributed by atoms with E-state index >= 15 is 0 Å². The van der Waals surface area contributed by atoms with Crippen molar-refractivity contribution in [3.8, 4) is 5.75 Å². The first kappa shape index (κ1) is 24.1. The highest BCUT2D eigenvalue weighted by atomic mass is 32.1. The van der Waals surface area contributed by atoms with E-state index in [1.54, 1.807) is 60.5 Å². The van der Waals surface area contributed by atoms with Gasteiger partial charge in [-0.25, -0.2) is 9.59 Å². The highest BCUT2D eigenvalue weighted by molar-refractivity contribution is 7.13. The molecule has 0 unspecified atom stereocenters. The second-order valence-electron chi connectivity index (χ2n) is 7.89. The number of piperidine rings is 1. The molecule has 2 heterocycles. The number of carbonyl (C=O) groups excluding carboxylic acids is 3. The number of amides is 3. The summed E-state index contributed by atoms with van der Waals surface area (Å²) in [5, 5.41) is 15.0. The first-order chi connectivity index (χ1) is 17.0. The monoisotopic (exact) mass is 495 g/mol. The summed E-state index contributed by atoms with van der Waals surface area (Å²) in [5.74, 6) is 0.0543. The van der Waals surface area contributed by atoms with Gasteiger partial charge in [-0.05, 0) is 55.3 Å². The first-order valence-corrected chi connectivity index (χ1v) is 11.8. The van der Waals surface area contributed by atoms with E-state index < -0.39 is 5.97 Å². The van der Waals surface area contributed by atoms with Gasteiger partial charge in [0, 0.05) is 30.4 Å². The average molecular weight is 496 g/mol. The predicted molar refractivity (Wildman–Crippen MR) is 131 cm³/mol. The highest BCUT2D eigenvalue weighted by Crippen LogP contribution is 2.30. The number of esters is 1. The molecule has 1 saturated heterocycles. The molecule has 4 rings (SSSR count). The van der Waals surface area contributed by atoms with Crippen molar-refractivity contribution in [3.63, 3.8) is 0 Å². The van der Waals surface area contributed by atoms with Crippen LogP contribution in [0.2, 0.25) is 0 Å². The van der Waals surface area contributed by atoms with Crippen LogP contribution >= 0.6 is 11.3 Å². The van der Waals surface area contributed by atoms with Crippen LogP contribution in [0.4, 0.5) is 16.2 Å². The summed E-state index contributed by atoms with van der Waals surface area (Å²) >= 11 is 1.27. The number of nitrogens with one attached hydrogen (secondary N) is 2. The summed E-state index contributed by atoms with van der Waals surface area (Å²) in [4.78, 5) is 38.6. The number of rotatable bonds is 6. The fourth-order valence-electron chi connectivity index (χ4n) is 3.72. The van der Waals surface area contributed by atoms with Crippen LogP contribution in [0.1, 0.15) is 43.9 Å². The molecule has 1 aliphatic heterocycles. The smallest absolute Gasteiger partial charge is 0.337 e. The Balaban J connectivity index is 1.30. The van der Waals surface area contributed by atoms with Gasteiger partial charge in [0.2, 0.25) is 5.01 Å². The van der Waals surface area contributed by atoms with Gasteiger partial charge in [0.15, 0.2) is 0 Å². The van der Waals surface area contributed by atoms with Crippen LogP contribution in [0.3, 0.4) is 0 Å². The molecule has 1 fully saturated rings. The van der Waals surface area contributed by atoms with Crippen molar-refractivity contribution in [2.24, 2.45) is 0 Å². The van der Waals surface area contributed by atoms with Crippen LogP contribution < -0.4 is 15.4 Å². The summed E-state index contributed by atoms with van der Waals surface area (Å²) in [5.41, 5.74) is 1.53. The minimum Gasteiger partial charge on any atom is -0.497 e. The SMILES string of the molecule is COC(=O)c1cccc(NC(=O)N2CCC(c3nnc(C(=O)Nc4ccc(OC)cc4)s3)CC2)c1. The third kappa shape index (κ3) is 5.93. The Labute approximate surface area is 206 Å². The maximum absolute atomic E-state index is 12.7. The lowest BCUT2D eigenvalue weighted by atomic mass is 9.98. The van der Waals surface area contributed by atoms with Crippen LogP contribution in [0.25, 0.3) is 0 Å². The van der Waals surface area contributed by atoms with E-state index in [1.165, 1.54) is 18.4 Å². The molecule has 1 aromatic heterocycles. The van der Waals surface area contributed by atoms with E-state index in [-0.39, 0.29) is 17.9 Å². The number of hydrogen-bond donors (Lipinski definition) is 2. The number of hydrogen-bond acceptors (Lipinski definition) is 8. The second-order valence-corrected chi connectivity index (χ2v) is 8.90. The number of benzene rings is 2. The number of methoxy groups -OCH3 is 2. The molecule has 11 heteroatoms. The zero-order valence-electron chi connectivity index (χ0n) is 19.3. The lowest BCUT2D eigenvalue weighted by Crippen LogP contribution is -2.40. The lowest BCUT2D eigenvalue weighted by molar-refractivity contribution is 0.0600. The van der Waals surface area contributed by atoms with Gasteiger partial charge in [0.25, 0.3) is 5.91 Å². The summed E-state index contributed by atoms with van der Waals surface area (Å²) in [6.45, 7) is 1.08. The minimum absolute atomic E-state index is 0.127. The van der Waals surface area contributed by atoms with Gasteiger partial charge in [-0.2, -0.15) is 0 Å². The Morgan fingerprint density at radius 3 is 2.40 bits per heavy atom. The standard InChI is InChI=1S/C24H25N5O5S/c1-33-19-8-6-17(7-9-19)25-20(30)22-28-27-21(35-22)15-10-12-29(13-11-15)24(32)26-18-5-3-4-16(14-18)23(31)34-2/h3-9,14-15H,10-13H2,1-2H3,(H,25,30)(H,26,32). The maximum Gasteiger partial charge on any atom is 0.337 e. The van der Waals surface area contributed by atoms with Gasteiger partial charge in [-0.3, -0.25) is 4.79 Å². The van der Waals surface area contributed by atoms with Gasteiger partial charge >= 0.3 is 12.0 Å². The normalized spacial score (nSPS) is 13.7. The van der Waals surface area contributed by atoms with Crippen LogP contribution in [-0.4, -0.2) is 60.3 Å². The molecule has 0 saturated carbocycles. The second kappa shape index (κ2) is 11.0. The molecule has 2 N–H and O–H groups in total. The van der Waals surface area contributed by atoms with Crippen LogP contribution in [-0.2, 0) is 4.74 Å². The van der Waals surface area contributed by atoms with Crippen LogP contribution in [0.5, 0.6) is 5.75 Å². The van der Waals surface area contributed by atoms with E-state index in [4.69, 9.17) is 9.47 Å². The zero-order chi connectivity index (χ0) is 24.8. The van der Waals surface area contributed by atoms with E-state index in [0.717, 1.165) is 5.01 Å². The number of ether oxygens (including phenoxy) is 2. The molecule has 35 heavy (non-hydrogen) atoms. The quantitative estimate of drug-likeness (QED) is 0.496. The number of anilines is 2. The number of urea groups is 1. The molecule has 0 spiro atoms. The molecule has 3 amide bonds. The van der Waals surface area contributed by atoms with Gasteiger partial charge in [0.1, 0.15) is 10.8 Å². The summed E-state index contributed by atoms with van der Waals surface area (Å²) < 4.78 is 9.84. The van der Waals surface area contributed by atoms with E-state index in [2.05, 4.69) is 20.8 Å². The molecule has 0 radical (unpaired) electrons. The van der Waals surface area contributed by atoms with Crippen molar-refractivity contribution in [2.45, 2.75) is 18.8 Å². The van der Waals surface area contributed by atoms with Crippen molar-refractivity contribution in [1.29, 1.82) is 0 Å². The predicted octanol–water partition coefficient (Wildman–Crippen LogP) is 4.00. The molecular formula is C24H25N5O5S. The highest BCUT2D eigenvalue weighted by Gasteiger charge is 2.27. The van der Waals surface area contributed by atoms with Crippen LogP contribution in [0, 0.1) is 0 Å². The van der Waals surface area contributed by atoms with Crippen molar-refractivity contribution < 1.29 is 23.9 Å². The average Bonchev–Trinajstić information content (AvgIpc) is 3.39. The Morgan fingerprint density at radius 1 is 0.971 bits per heavy atom. The fourth-order valence-corrected chi connectivity index (χ4v) is 4.63. The summed E-state index contributed by atoms with van der Waals surface area (Å²) in [7, 11) is 2.89. The third-order valence-electron chi connectivity index (χ3n) is 5.65. The summed E-state index contributed by atoms with van der Waals surface area (Å²) in [6, 6.07) is 13.4. The Bertz CT molecular complexity index is 1210. The fraction of sp³-hybridized carbons (Fsp3) is 0.292. The van der Waals surface area contributed by atoms with Crippen molar-refractivity contribution >= 4 is 40.6 Å². The van der Waals surface area contributed by atoms with Gasteiger partial charge in [-0.15, -0.1) is 10.2 Å². The third-order valence-corrected chi connectivity index (χ3v) is 6.73. The Morgan fingerprint density at radius 2 is 1.71 bits per heavy atom. The van der Waals surface area contributed by atoms with Gasteiger partial charge in [0.05, 0.1) is 19.8 Å². The lowest BCUT2D eigenvalue weighted by Gasteiger charge is -2.31. The molecular weight excluding hydrogens is 470 g/mol. The van der Waals surface area contributed by atoms with Crippen molar-refractivity contribution in [2.75, 3.05) is 37.9 Å². The molecule has 182 valence electrons. The number of aromatic nitrogens is 2. The van der Waals surface area contributed by atoms with Gasteiger partial charge < -0.3 is 25.0 Å². The zero-order valence-corrected chi connectivity index (χ0v) is 20.1. The van der Waals surface area contributed by atoms with E-state index in [9.17, 15) is 14.4 Å². The molecule has 10 nitrogen and oxygen atoms in total.